The predicted molar refractivity (Wildman–Crippen MR) is 122 cm³/mol. The van der Waals surface area contributed by atoms with Crippen molar-refractivity contribution in [3.8, 4) is 0 Å². The molecule has 0 spiro atoms. The van der Waals surface area contributed by atoms with Crippen LogP contribution in [0.4, 0.5) is 5.82 Å². The lowest BCUT2D eigenvalue weighted by Crippen LogP contribution is -2.41. The van der Waals surface area contributed by atoms with Crippen molar-refractivity contribution in [3.63, 3.8) is 0 Å². The number of aryl methyl sites for hydroxylation is 2. The summed E-state index contributed by atoms with van der Waals surface area (Å²) < 4.78 is 29.5. The van der Waals surface area contributed by atoms with Crippen LogP contribution in [0.3, 0.4) is 0 Å². The standard InChI is InChI=1S/C23H27N5O3S/c1-18-5-2-3-14-28(18)32(30,31)21-7-4-6-20(17-21)23(29)25-22-11-16-27(26-22)15-10-19-8-12-24-13-9-19/h4,6-9,11-13,16-18H,2-3,5,10,14-15H2,1H3,(H,25,26,29). The highest BCUT2D eigenvalue weighted by molar-refractivity contribution is 7.89. The summed E-state index contributed by atoms with van der Waals surface area (Å²) >= 11 is 0. The van der Waals surface area contributed by atoms with Crippen molar-refractivity contribution in [2.75, 3.05) is 11.9 Å². The quantitative estimate of drug-likeness (QED) is 0.592. The van der Waals surface area contributed by atoms with Crippen LogP contribution >= 0.6 is 0 Å². The predicted octanol–water partition coefficient (Wildman–Crippen LogP) is 3.34. The molecule has 1 aromatic carbocycles. The Morgan fingerprint density at radius 1 is 1.16 bits per heavy atom. The van der Waals surface area contributed by atoms with Gasteiger partial charge in [0.15, 0.2) is 5.82 Å². The normalized spacial score (nSPS) is 17.2. The van der Waals surface area contributed by atoms with Crippen molar-refractivity contribution in [3.05, 3.63) is 72.2 Å². The summed E-state index contributed by atoms with van der Waals surface area (Å²) in [7, 11) is -3.64. The van der Waals surface area contributed by atoms with E-state index in [0.29, 0.717) is 18.9 Å². The Morgan fingerprint density at radius 2 is 1.97 bits per heavy atom. The van der Waals surface area contributed by atoms with Gasteiger partial charge in [-0.15, -0.1) is 0 Å². The number of carbonyl (C=O) groups excluding carboxylic acids is 1. The Kier molecular flexibility index (Phi) is 6.66. The van der Waals surface area contributed by atoms with E-state index in [-0.39, 0.29) is 16.5 Å². The molecule has 1 aliphatic heterocycles. The maximum absolute atomic E-state index is 13.1. The number of aromatic nitrogens is 3. The van der Waals surface area contributed by atoms with Crippen molar-refractivity contribution in [2.45, 2.75) is 50.1 Å². The molecule has 32 heavy (non-hydrogen) atoms. The first kappa shape index (κ1) is 22.2. The van der Waals surface area contributed by atoms with Crippen molar-refractivity contribution in [2.24, 2.45) is 0 Å². The minimum atomic E-state index is -3.64. The monoisotopic (exact) mass is 453 g/mol. The molecule has 1 amide bonds. The van der Waals surface area contributed by atoms with Gasteiger partial charge in [0.1, 0.15) is 0 Å². The molecule has 1 unspecified atom stereocenters. The van der Waals surface area contributed by atoms with Crippen LogP contribution < -0.4 is 5.32 Å². The molecule has 1 atom stereocenters. The molecule has 3 heterocycles. The number of amides is 1. The highest BCUT2D eigenvalue weighted by Gasteiger charge is 2.31. The Labute approximate surface area is 188 Å². The van der Waals surface area contributed by atoms with Gasteiger partial charge >= 0.3 is 0 Å². The maximum atomic E-state index is 13.1. The second-order valence-corrected chi connectivity index (χ2v) is 9.90. The summed E-state index contributed by atoms with van der Waals surface area (Å²) in [6.45, 7) is 3.11. The molecule has 2 aromatic heterocycles. The molecule has 1 N–H and O–H groups in total. The van der Waals surface area contributed by atoms with Crippen molar-refractivity contribution >= 4 is 21.7 Å². The highest BCUT2D eigenvalue weighted by atomic mass is 32.2. The lowest BCUT2D eigenvalue weighted by Gasteiger charge is -2.32. The zero-order valence-electron chi connectivity index (χ0n) is 18.0. The molecular weight excluding hydrogens is 426 g/mol. The minimum Gasteiger partial charge on any atom is -0.305 e. The number of nitrogens with one attached hydrogen (secondary N) is 1. The second kappa shape index (κ2) is 9.62. The van der Waals surface area contributed by atoms with Gasteiger partial charge in [0.05, 0.1) is 4.90 Å². The van der Waals surface area contributed by atoms with Crippen LogP contribution in [0.5, 0.6) is 0 Å². The topological polar surface area (TPSA) is 97.2 Å². The first-order chi connectivity index (χ1) is 15.4. The fraction of sp³-hybridized carbons (Fsp3) is 0.348. The van der Waals surface area contributed by atoms with E-state index in [0.717, 1.165) is 31.2 Å². The number of hydrogen-bond acceptors (Lipinski definition) is 5. The molecule has 0 radical (unpaired) electrons. The molecule has 1 fully saturated rings. The lowest BCUT2D eigenvalue weighted by molar-refractivity contribution is 0.102. The third-order valence-corrected chi connectivity index (χ3v) is 7.72. The number of sulfonamides is 1. The number of carbonyl (C=O) groups is 1. The summed E-state index contributed by atoms with van der Waals surface area (Å²) in [6.07, 6.45) is 8.85. The van der Waals surface area contributed by atoms with Gasteiger partial charge in [-0.2, -0.15) is 9.40 Å². The number of nitrogens with zero attached hydrogens (tertiary/aromatic N) is 4. The Morgan fingerprint density at radius 3 is 2.75 bits per heavy atom. The van der Waals surface area contributed by atoms with Crippen LogP contribution in [0.15, 0.2) is 66.0 Å². The molecule has 1 saturated heterocycles. The molecule has 0 bridgehead atoms. The third kappa shape index (κ3) is 5.05. The van der Waals surface area contributed by atoms with Crippen LogP contribution in [-0.2, 0) is 23.0 Å². The van der Waals surface area contributed by atoms with Crippen molar-refractivity contribution in [1.82, 2.24) is 19.1 Å². The van der Waals surface area contributed by atoms with Gasteiger partial charge in [-0.05, 0) is 62.1 Å². The second-order valence-electron chi connectivity index (χ2n) is 8.01. The molecular formula is C23H27N5O3S. The molecule has 168 valence electrons. The number of piperidine rings is 1. The third-order valence-electron chi connectivity index (χ3n) is 5.71. The molecule has 4 rings (SSSR count). The fourth-order valence-corrected chi connectivity index (χ4v) is 5.64. The Bertz CT molecular complexity index is 1180. The summed E-state index contributed by atoms with van der Waals surface area (Å²) in [4.78, 5) is 16.9. The van der Waals surface area contributed by atoms with Crippen LogP contribution in [0.2, 0.25) is 0 Å². The highest BCUT2D eigenvalue weighted by Crippen LogP contribution is 2.25. The number of hydrogen-bond donors (Lipinski definition) is 1. The van der Waals surface area contributed by atoms with Crippen LogP contribution in [0.1, 0.15) is 42.1 Å². The molecule has 0 saturated carbocycles. The van der Waals surface area contributed by atoms with Crippen LogP contribution in [-0.4, -0.2) is 46.0 Å². The number of benzene rings is 1. The van der Waals surface area contributed by atoms with E-state index < -0.39 is 15.9 Å². The van der Waals surface area contributed by atoms with E-state index in [1.807, 2.05) is 19.1 Å². The summed E-state index contributed by atoms with van der Waals surface area (Å²) in [5.74, 6) is 0.0239. The first-order valence-corrected chi connectivity index (χ1v) is 12.2. The van der Waals surface area contributed by atoms with E-state index in [4.69, 9.17) is 0 Å². The van der Waals surface area contributed by atoms with Crippen molar-refractivity contribution < 1.29 is 13.2 Å². The minimum absolute atomic E-state index is 0.0395. The molecule has 3 aromatic rings. The SMILES string of the molecule is CC1CCCCN1S(=O)(=O)c1cccc(C(=O)Nc2ccn(CCc3ccncc3)n2)c1. The Balaban J connectivity index is 1.43. The van der Waals surface area contributed by atoms with Gasteiger partial charge in [-0.25, -0.2) is 8.42 Å². The molecule has 1 aliphatic rings. The zero-order valence-corrected chi connectivity index (χ0v) is 18.8. The summed E-state index contributed by atoms with van der Waals surface area (Å²) in [6, 6.07) is 11.8. The zero-order chi connectivity index (χ0) is 22.6. The van der Waals surface area contributed by atoms with E-state index in [1.165, 1.54) is 10.4 Å². The summed E-state index contributed by atoms with van der Waals surface area (Å²) in [5, 5.41) is 7.14. The van der Waals surface area contributed by atoms with Gasteiger partial charge in [-0.1, -0.05) is 12.5 Å². The van der Waals surface area contributed by atoms with E-state index in [1.54, 1.807) is 47.5 Å². The van der Waals surface area contributed by atoms with Gasteiger partial charge in [0.2, 0.25) is 10.0 Å². The number of rotatable bonds is 7. The molecule has 8 nitrogen and oxygen atoms in total. The molecule has 9 heteroatoms. The smallest absolute Gasteiger partial charge is 0.256 e. The lowest BCUT2D eigenvalue weighted by atomic mass is 10.1. The average molecular weight is 454 g/mol. The maximum Gasteiger partial charge on any atom is 0.256 e. The first-order valence-electron chi connectivity index (χ1n) is 10.8. The summed E-state index contributed by atoms with van der Waals surface area (Å²) in [5.41, 5.74) is 1.43. The van der Waals surface area contributed by atoms with Crippen LogP contribution in [0.25, 0.3) is 0 Å². The average Bonchev–Trinajstić information content (AvgIpc) is 3.26. The Hall–Kier alpha value is -3.04. The number of pyridine rings is 1. The van der Waals surface area contributed by atoms with E-state index in [2.05, 4.69) is 15.4 Å². The largest absolute Gasteiger partial charge is 0.305 e. The molecule has 0 aliphatic carbocycles. The van der Waals surface area contributed by atoms with Gasteiger partial charge in [0.25, 0.3) is 5.91 Å². The fourth-order valence-electron chi connectivity index (χ4n) is 3.90. The van der Waals surface area contributed by atoms with Crippen LogP contribution in [0, 0.1) is 0 Å². The number of anilines is 1. The van der Waals surface area contributed by atoms with E-state index in [9.17, 15) is 13.2 Å². The van der Waals surface area contributed by atoms with E-state index >= 15 is 0 Å². The van der Waals surface area contributed by atoms with Gasteiger partial charge in [-0.3, -0.25) is 14.5 Å². The van der Waals surface area contributed by atoms with Gasteiger partial charge < -0.3 is 5.32 Å². The van der Waals surface area contributed by atoms with Crippen molar-refractivity contribution in [1.29, 1.82) is 0 Å². The van der Waals surface area contributed by atoms with Gasteiger partial charge in [0, 0.05) is 49.4 Å².